The van der Waals surface area contributed by atoms with Crippen molar-refractivity contribution >= 4 is 35.5 Å². The van der Waals surface area contributed by atoms with Gasteiger partial charge in [0.25, 0.3) is 0 Å². The highest BCUT2D eigenvalue weighted by Gasteiger charge is 2.45. The molecule has 2 saturated heterocycles. The van der Waals surface area contributed by atoms with Gasteiger partial charge in [-0.2, -0.15) is 0 Å². The van der Waals surface area contributed by atoms with E-state index >= 15 is 0 Å². The van der Waals surface area contributed by atoms with Crippen LogP contribution < -0.4 is 0 Å². The number of hydrogen-bond acceptors (Lipinski definition) is 12. The smallest absolute Gasteiger partial charge is 0.303 e. The second-order valence-corrected chi connectivity index (χ2v) is 12.5. The van der Waals surface area contributed by atoms with Crippen LogP contribution in [0.2, 0.25) is 0 Å². The van der Waals surface area contributed by atoms with Crippen LogP contribution in [0.1, 0.15) is 27.7 Å². The zero-order chi connectivity index (χ0) is 30.8. The number of carbonyl (C=O) groups is 2. The standard InChI is InChI=1S/C18H24O5S.C12H16O5S/c1-11-12(2)17(22-14(4)20)18(23-16(11)10-21-13(3)19)24-15-8-6-5-7-9-15;13-6-8-9(14)10(15)11(16)12(17-8)18-7-4-2-1-3-5-7/h5-9,11-12,16-18H,10H2,1-4H3;1-5,8-16H,6H2/t11-,12-,16?,17?,18-;8?,9-,10+,11?,12+/m01/s1. The van der Waals surface area contributed by atoms with Gasteiger partial charge in [0.2, 0.25) is 0 Å². The van der Waals surface area contributed by atoms with E-state index in [-0.39, 0.29) is 48.0 Å². The Labute approximate surface area is 254 Å². The number of thioether (sulfide) groups is 2. The van der Waals surface area contributed by atoms with Crippen molar-refractivity contribution in [3.8, 4) is 0 Å². The maximum absolute atomic E-state index is 11.5. The maximum atomic E-state index is 11.5. The third-order valence-electron chi connectivity index (χ3n) is 7.10. The summed E-state index contributed by atoms with van der Waals surface area (Å²) in [5.74, 6) is -0.460. The predicted molar refractivity (Wildman–Crippen MR) is 158 cm³/mol. The molecule has 2 aliphatic heterocycles. The number of ether oxygens (including phenoxy) is 4. The van der Waals surface area contributed by atoms with Gasteiger partial charge in [0.1, 0.15) is 48.0 Å². The van der Waals surface area contributed by atoms with E-state index in [4.69, 9.17) is 24.1 Å². The summed E-state index contributed by atoms with van der Waals surface area (Å²) in [6.07, 6.45) is -5.26. The highest BCUT2D eigenvalue weighted by molar-refractivity contribution is 8.00. The third-order valence-corrected chi connectivity index (χ3v) is 9.43. The molecule has 232 valence electrons. The largest absolute Gasteiger partial charge is 0.463 e. The number of rotatable bonds is 8. The SMILES string of the molecule is CC(=O)OCC1O[C@@H](Sc2ccccc2)C(OC(C)=O)[C@@H](C)[C@@H]1C.OCC1O[C@@H](Sc2ccccc2)C(O)[C@@H](O)[C@@H]1O. The van der Waals surface area contributed by atoms with Gasteiger partial charge < -0.3 is 39.4 Å². The second-order valence-electron chi connectivity index (χ2n) is 10.2. The Morgan fingerprint density at radius 3 is 1.76 bits per heavy atom. The fourth-order valence-corrected chi connectivity index (χ4v) is 6.83. The zero-order valence-electron chi connectivity index (χ0n) is 24.0. The van der Waals surface area contributed by atoms with Crippen molar-refractivity contribution in [3.63, 3.8) is 0 Å². The molecule has 10 atom stereocenters. The van der Waals surface area contributed by atoms with Gasteiger partial charge in [-0.05, 0) is 30.2 Å². The summed E-state index contributed by atoms with van der Waals surface area (Å²) in [6.45, 7) is 6.66. The Hall–Kier alpha value is -2.16. The molecule has 0 radical (unpaired) electrons. The Morgan fingerprint density at radius 1 is 0.738 bits per heavy atom. The molecule has 4 rings (SSSR count). The monoisotopic (exact) mass is 624 g/mol. The van der Waals surface area contributed by atoms with Crippen molar-refractivity contribution in [2.45, 2.75) is 85.0 Å². The normalized spacial score (nSPS) is 32.7. The molecule has 0 aromatic heterocycles. The molecule has 0 spiro atoms. The summed E-state index contributed by atoms with van der Waals surface area (Å²) in [5, 5.41) is 38.2. The highest BCUT2D eigenvalue weighted by atomic mass is 32.2. The molecular formula is C30H40O10S2. The lowest BCUT2D eigenvalue weighted by atomic mass is 9.84. The van der Waals surface area contributed by atoms with Gasteiger partial charge in [0, 0.05) is 29.6 Å². The average Bonchev–Trinajstić information content (AvgIpc) is 2.97. The molecule has 2 aromatic rings. The molecule has 0 aliphatic carbocycles. The molecule has 2 aromatic carbocycles. The summed E-state index contributed by atoms with van der Waals surface area (Å²) >= 11 is 2.76. The fraction of sp³-hybridized carbons (Fsp3) is 0.533. The minimum atomic E-state index is -1.32. The quantitative estimate of drug-likeness (QED) is 0.320. The van der Waals surface area contributed by atoms with Gasteiger partial charge in [0.05, 0.1) is 12.7 Å². The minimum absolute atomic E-state index is 0.0874. The first kappa shape index (κ1) is 34.3. The van der Waals surface area contributed by atoms with Gasteiger partial charge in [-0.25, -0.2) is 0 Å². The summed E-state index contributed by atoms with van der Waals surface area (Å²) in [5.41, 5.74) is -1.06. The van der Waals surface area contributed by atoms with E-state index in [9.17, 15) is 24.9 Å². The number of carbonyl (C=O) groups excluding carboxylic acids is 2. The Kier molecular flexibility index (Phi) is 13.6. The molecule has 12 heteroatoms. The predicted octanol–water partition coefficient (Wildman–Crippen LogP) is 2.85. The Bertz CT molecular complexity index is 1100. The van der Waals surface area contributed by atoms with Crippen LogP contribution in [0.5, 0.6) is 0 Å². The Balaban J connectivity index is 0.000000240. The van der Waals surface area contributed by atoms with Crippen molar-refractivity contribution in [2.24, 2.45) is 11.8 Å². The fourth-order valence-electron chi connectivity index (χ4n) is 4.53. The molecule has 0 bridgehead atoms. The summed E-state index contributed by atoms with van der Waals surface area (Å²) in [6, 6.07) is 19.1. The number of esters is 2. The van der Waals surface area contributed by atoms with Crippen molar-refractivity contribution in [1.29, 1.82) is 0 Å². The molecule has 0 amide bonds. The second kappa shape index (κ2) is 16.6. The van der Waals surface area contributed by atoms with E-state index in [2.05, 4.69) is 0 Å². The van der Waals surface area contributed by atoms with Crippen LogP contribution in [0, 0.1) is 11.8 Å². The Morgan fingerprint density at radius 2 is 1.26 bits per heavy atom. The minimum Gasteiger partial charge on any atom is -0.463 e. The molecule has 0 saturated carbocycles. The van der Waals surface area contributed by atoms with E-state index in [1.807, 2.05) is 74.5 Å². The lowest BCUT2D eigenvalue weighted by Gasteiger charge is -2.43. The van der Waals surface area contributed by atoms with Crippen LogP contribution in [0.25, 0.3) is 0 Å². The molecule has 4 unspecified atom stereocenters. The summed E-state index contributed by atoms with van der Waals surface area (Å²) in [4.78, 5) is 24.5. The molecule has 10 nitrogen and oxygen atoms in total. The van der Waals surface area contributed by atoms with Crippen molar-refractivity contribution in [2.75, 3.05) is 13.2 Å². The highest BCUT2D eigenvalue weighted by Crippen LogP contribution is 2.40. The first-order valence-corrected chi connectivity index (χ1v) is 15.5. The van der Waals surface area contributed by atoms with E-state index in [1.165, 1.54) is 37.4 Å². The van der Waals surface area contributed by atoms with Crippen LogP contribution in [0.4, 0.5) is 0 Å². The summed E-state index contributed by atoms with van der Waals surface area (Å²) < 4.78 is 22.2. The molecule has 2 aliphatic rings. The molecule has 2 heterocycles. The van der Waals surface area contributed by atoms with Gasteiger partial charge >= 0.3 is 11.9 Å². The lowest BCUT2D eigenvalue weighted by molar-refractivity contribution is -0.205. The van der Waals surface area contributed by atoms with Crippen LogP contribution >= 0.6 is 23.5 Å². The third kappa shape index (κ3) is 9.68. The zero-order valence-corrected chi connectivity index (χ0v) is 25.6. The number of hydrogen-bond donors (Lipinski definition) is 4. The van der Waals surface area contributed by atoms with Crippen LogP contribution in [-0.2, 0) is 28.5 Å². The van der Waals surface area contributed by atoms with Gasteiger partial charge in [-0.1, -0.05) is 73.8 Å². The number of benzene rings is 2. The summed E-state index contributed by atoms with van der Waals surface area (Å²) in [7, 11) is 0. The first-order chi connectivity index (χ1) is 20.0. The molecule has 2 fully saturated rings. The topological polar surface area (TPSA) is 152 Å². The average molecular weight is 625 g/mol. The van der Waals surface area contributed by atoms with E-state index in [0.29, 0.717) is 0 Å². The van der Waals surface area contributed by atoms with Crippen LogP contribution in [-0.4, -0.2) is 93.1 Å². The van der Waals surface area contributed by atoms with Crippen molar-refractivity contribution in [3.05, 3.63) is 60.7 Å². The number of aliphatic hydroxyl groups is 4. The van der Waals surface area contributed by atoms with Crippen molar-refractivity contribution in [1.82, 2.24) is 0 Å². The first-order valence-electron chi connectivity index (χ1n) is 13.7. The van der Waals surface area contributed by atoms with E-state index in [1.54, 1.807) is 0 Å². The van der Waals surface area contributed by atoms with Crippen LogP contribution in [0.15, 0.2) is 70.5 Å². The van der Waals surface area contributed by atoms with Gasteiger partial charge in [0.15, 0.2) is 0 Å². The van der Waals surface area contributed by atoms with Crippen LogP contribution in [0.3, 0.4) is 0 Å². The van der Waals surface area contributed by atoms with Gasteiger partial charge in [-0.15, -0.1) is 0 Å². The molecular weight excluding hydrogens is 584 g/mol. The van der Waals surface area contributed by atoms with E-state index in [0.717, 1.165) is 9.79 Å². The van der Waals surface area contributed by atoms with Gasteiger partial charge in [-0.3, -0.25) is 9.59 Å². The van der Waals surface area contributed by atoms with Crippen molar-refractivity contribution < 1.29 is 49.0 Å². The lowest BCUT2D eigenvalue weighted by Crippen LogP contribution is -2.57. The number of aliphatic hydroxyl groups excluding tert-OH is 4. The van der Waals surface area contributed by atoms with E-state index < -0.39 is 36.5 Å². The maximum Gasteiger partial charge on any atom is 0.303 e. The molecule has 4 N–H and O–H groups in total. The molecule has 42 heavy (non-hydrogen) atoms.